The number of aryl methyl sites for hydroxylation is 1. The van der Waals surface area contributed by atoms with E-state index in [0.717, 1.165) is 12.8 Å². The first-order valence-electron chi connectivity index (χ1n) is 11.1. The molecule has 0 radical (unpaired) electrons. The molecule has 0 fully saturated rings. The van der Waals surface area contributed by atoms with E-state index in [1.807, 2.05) is 50.2 Å². The second-order valence-corrected chi connectivity index (χ2v) is 8.64. The van der Waals surface area contributed by atoms with Crippen LogP contribution in [0.2, 0.25) is 0 Å². The number of amides is 1. The van der Waals surface area contributed by atoms with Crippen molar-refractivity contribution in [2.45, 2.75) is 50.9 Å². The quantitative estimate of drug-likeness (QED) is 0.254. The molecule has 0 unspecified atom stereocenters. The first-order chi connectivity index (χ1) is 15.6. The highest BCUT2D eigenvalue weighted by Gasteiger charge is 2.14. The van der Waals surface area contributed by atoms with Gasteiger partial charge in [-0.2, -0.15) is 0 Å². The number of nitrogens with one attached hydrogen (secondary N) is 1. The lowest BCUT2D eigenvalue weighted by atomic mass is 10.1. The van der Waals surface area contributed by atoms with Crippen molar-refractivity contribution in [3.8, 4) is 0 Å². The zero-order valence-electron chi connectivity index (χ0n) is 18.8. The summed E-state index contributed by atoms with van der Waals surface area (Å²) in [5.41, 5.74) is 1.84. The fraction of sp³-hybridized carbons (Fsp3) is 0.400. The molecule has 0 aliphatic carbocycles. The van der Waals surface area contributed by atoms with Gasteiger partial charge in [0, 0.05) is 25.8 Å². The smallest absolute Gasteiger partial charge is 0.262 e. The van der Waals surface area contributed by atoms with E-state index in [1.165, 1.54) is 17.3 Å². The maximum atomic E-state index is 13.0. The third kappa shape index (κ3) is 6.93. The minimum Gasteiger partial charge on any atom is -0.382 e. The highest BCUT2D eigenvalue weighted by atomic mass is 32.2. The molecule has 0 spiro atoms. The number of nitrogens with zero attached hydrogens (tertiary/aromatic N) is 2. The van der Waals surface area contributed by atoms with Crippen LogP contribution >= 0.6 is 11.8 Å². The fourth-order valence-electron chi connectivity index (χ4n) is 3.47. The van der Waals surface area contributed by atoms with Crippen molar-refractivity contribution >= 4 is 28.6 Å². The number of carbonyl (C=O) groups excluding carboxylic acids is 1. The summed E-state index contributed by atoms with van der Waals surface area (Å²) in [6.45, 7) is 5.70. The minimum absolute atomic E-state index is 0.0566. The SMILES string of the molecule is CCOCCCn1c(SCC(=O)N[C@H](C)CCc2ccccc2)nc2ccccc2c1=O. The van der Waals surface area contributed by atoms with Gasteiger partial charge in [-0.1, -0.05) is 54.2 Å². The summed E-state index contributed by atoms with van der Waals surface area (Å²) >= 11 is 1.30. The van der Waals surface area contributed by atoms with Crippen LogP contribution in [0.15, 0.2) is 64.5 Å². The molecule has 0 saturated heterocycles. The van der Waals surface area contributed by atoms with E-state index >= 15 is 0 Å². The lowest BCUT2D eigenvalue weighted by Gasteiger charge is -2.15. The molecule has 6 nitrogen and oxygen atoms in total. The number of hydrogen-bond acceptors (Lipinski definition) is 5. The van der Waals surface area contributed by atoms with Gasteiger partial charge in [-0.3, -0.25) is 14.2 Å². The Morgan fingerprint density at radius 1 is 1.16 bits per heavy atom. The van der Waals surface area contributed by atoms with E-state index < -0.39 is 0 Å². The predicted molar refractivity (Wildman–Crippen MR) is 130 cm³/mol. The normalized spacial score (nSPS) is 12.1. The van der Waals surface area contributed by atoms with Crippen LogP contribution in [0.5, 0.6) is 0 Å². The van der Waals surface area contributed by atoms with Crippen LogP contribution in [-0.4, -0.2) is 40.5 Å². The summed E-state index contributed by atoms with van der Waals surface area (Å²) in [5, 5.41) is 4.21. The number of hydrogen-bond donors (Lipinski definition) is 1. The number of rotatable bonds is 12. The summed E-state index contributed by atoms with van der Waals surface area (Å²) in [5.74, 6) is 0.158. The molecule has 7 heteroatoms. The first kappa shape index (κ1) is 24.0. The van der Waals surface area contributed by atoms with Crippen LogP contribution in [0.25, 0.3) is 10.9 Å². The number of para-hydroxylation sites is 1. The zero-order valence-corrected chi connectivity index (χ0v) is 19.6. The average Bonchev–Trinajstić information content (AvgIpc) is 2.81. The fourth-order valence-corrected chi connectivity index (χ4v) is 4.31. The second-order valence-electron chi connectivity index (χ2n) is 7.70. The van der Waals surface area contributed by atoms with Crippen LogP contribution in [0.3, 0.4) is 0 Å². The van der Waals surface area contributed by atoms with Gasteiger partial charge in [0.2, 0.25) is 5.91 Å². The molecule has 32 heavy (non-hydrogen) atoms. The van der Waals surface area contributed by atoms with Crippen molar-refractivity contribution in [1.82, 2.24) is 14.9 Å². The maximum absolute atomic E-state index is 13.0. The molecule has 1 atom stereocenters. The van der Waals surface area contributed by atoms with Gasteiger partial charge < -0.3 is 10.1 Å². The lowest BCUT2D eigenvalue weighted by Crippen LogP contribution is -2.34. The van der Waals surface area contributed by atoms with Crippen LogP contribution in [0.1, 0.15) is 32.3 Å². The number of thioether (sulfide) groups is 1. The molecule has 3 rings (SSSR count). The Bertz CT molecular complexity index is 1070. The average molecular weight is 454 g/mol. The predicted octanol–water partition coefficient (Wildman–Crippen LogP) is 4.05. The highest BCUT2D eigenvalue weighted by Crippen LogP contribution is 2.18. The van der Waals surface area contributed by atoms with Gasteiger partial charge in [0.25, 0.3) is 5.56 Å². The summed E-state index contributed by atoms with van der Waals surface area (Å²) in [6, 6.07) is 17.7. The molecule has 0 aliphatic heterocycles. The molecule has 2 aromatic carbocycles. The molecular weight excluding hydrogens is 422 g/mol. The minimum atomic E-state index is -0.0776. The Morgan fingerprint density at radius 3 is 2.69 bits per heavy atom. The monoisotopic (exact) mass is 453 g/mol. The zero-order chi connectivity index (χ0) is 22.8. The summed E-state index contributed by atoms with van der Waals surface area (Å²) in [4.78, 5) is 30.2. The van der Waals surface area contributed by atoms with Gasteiger partial charge in [-0.15, -0.1) is 0 Å². The van der Waals surface area contributed by atoms with E-state index in [9.17, 15) is 9.59 Å². The summed E-state index contributed by atoms with van der Waals surface area (Å²) in [7, 11) is 0. The van der Waals surface area contributed by atoms with Gasteiger partial charge in [0.1, 0.15) is 0 Å². The number of carbonyl (C=O) groups is 1. The van der Waals surface area contributed by atoms with Crippen molar-refractivity contribution in [3.05, 3.63) is 70.5 Å². The van der Waals surface area contributed by atoms with Crippen molar-refractivity contribution in [2.75, 3.05) is 19.0 Å². The Hall–Kier alpha value is -2.64. The topological polar surface area (TPSA) is 73.2 Å². The van der Waals surface area contributed by atoms with Gasteiger partial charge in [0.05, 0.1) is 16.7 Å². The van der Waals surface area contributed by atoms with Crippen molar-refractivity contribution in [3.63, 3.8) is 0 Å². The number of benzene rings is 2. The molecule has 0 bridgehead atoms. The van der Waals surface area contributed by atoms with Crippen molar-refractivity contribution in [1.29, 1.82) is 0 Å². The van der Waals surface area contributed by atoms with Crippen LogP contribution in [0.4, 0.5) is 0 Å². The van der Waals surface area contributed by atoms with E-state index in [1.54, 1.807) is 10.6 Å². The molecule has 1 heterocycles. The van der Waals surface area contributed by atoms with E-state index in [2.05, 4.69) is 22.4 Å². The molecule has 170 valence electrons. The Morgan fingerprint density at radius 2 is 1.91 bits per heavy atom. The summed E-state index contributed by atoms with van der Waals surface area (Å²) < 4.78 is 7.08. The number of aromatic nitrogens is 2. The number of fused-ring (bicyclic) bond motifs is 1. The molecular formula is C25H31N3O3S. The van der Waals surface area contributed by atoms with Gasteiger partial charge in [-0.25, -0.2) is 4.98 Å². The van der Waals surface area contributed by atoms with Crippen LogP contribution < -0.4 is 10.9 Å². The molecule has 1 aromatic heterocycles. The lowest BCUT2D eigenvalue weighted by molar-refractivity contribution is -0.119. The highest BCUT2D eigenvalue weighted by molar-refractivity contribution is 7.99. The van der Waals surface area contributed by atoms with Gasteiger partial charge in [-0.05, 0) is 50.8 Å². The molecule has 1 amide bonds. The van der Waals surface area contributed by atoms with Crippen molar-refractivity contribution < 1.29 is 9.53 Å². The standard InChI is InChI=1S/C25H31N3O3S/c1-3-31-17-9-16-28-24(30)21-12-7-8-13-22(21)27-25(28)32-18-23(29)26-19(2)14-15-20-10-5-4-6-11-20/h4-8,10-13,19H,3,9,14-18H2,1-2H3,(H,26,29)/t19-/m1/s1. The maximum Gasteiger partial charge on any atom is 0.262 e. The Kier molecular flexibility index (Phi) is 9.31. The van der Waals surface area contributed by atoms with E-state index in [4.69, 9.17) is 4.74 Å². The molecule has 0 saturated carbocycles. The third-order valence-electron chi connectivity index (χ3n) is 5.15. The van der Waals surface area contributed by atoms with Gasteiger partial charge in [0.15, 0.2) is 5.16 Å². The van der Waals surface area contributed by atoms with E-state index in [0.29, 0.717) is 42.2 Å². The first-order valence-corrected chi connectivity index (χ1v) is 12.1. The van der Waals surface area contributed by atoms with Crippen molar-refractivity contribution in [2.24, 2.45) is 0 Å². The molecule has 3 aromatic rings. The Labute approximate surface area is 193 Å². The van der Waals surface area contributed by atoms with E-state index in [-0.39, 0.29) is 23.3 Å². The Balaban J connectivity index is 1.62. The summed E-state index contributed by atoms with van der Waals surface area (Å²) in [6.07, 6.45) is 2.50. The number of ether oxygens (including phenoxy) is 1. The third-order valence-corrected chi connectivity index (χ3v) is 6.13. The molecule has 1 N–H and O–H groups in total. The van der Waals surface area contributed by atoms with Crippen LogP contribution in [0, 0.1) is 0 Å². The largest absolute Gasteiger partial charge is 0.382 e. The van der Waals surface area contributed by atoms with Crippen LogP contribution in [-0.2, 0) is 22.5 Å². The van der Waals surface area contributed by atoms with Gasteiger partial charge >= 0.3 is 0 Å². The second kappa shape index (κ2) is 12.4. The molecule has 0 aliphatic rings.